The summed E-state index contributed by atoms with van der Waals surface area (Å²) in [6, 6.07) is 21.7. The van der Waals surface area contributed by atoms with Crippen LogP contribution in [0.3, 0.4) is 0 Å². The summed E-state index contributed by atoms with van der Waals surface area (Å²) >= 11 is 0. The molecule has 0 saturated heterocycles. The molecule has 2 aromatic carbocycles. The maximum atomic E-state index is 2.23. The molecule has 0 fully saturated rings. The SMILES string of the molecule is c1ccc(CCCPCCCc2ccccc2)cc1. The fourth-order valence-corrected chi connectivity index (χ4v) is 3.35. The van der Waals surface area contributed by atoms with Crippen molar-refractivity contribution >= 4 is 8.58 Å². The van der Waals surface area contributed by atoms with E-state index in [0.29, 0.717) is 0 Å². The van der Waals surface area contributed by atoms with Gasteiger partial charge >= 0.3 is 0 Å². The van der Waals surface area contributed by atoms with Crippen molar-refractivity contribution in [3.63, 3.8) is 0 Å². The van der Waals surface area contributed by atoms with E-state index in [0.717, 1.165) is 8.58 Å². The smallest absolute Gasteiger partial charge is 0.0276 e. The summed E-state index contributed by atoms with van der Waals surface area (Å²) in [6.07, 6.45) is 7.95. The third-order valence-electron chi connectivity index (χ3n) is 3.32. The molecule has 0 nitrogen and oxygen atoms in total. The number of aryl methyl sites for hydroxylation is 2. The molecule has 1 heteroatoms. The van der Waals surface area contributed by atoms with E-state index >= 15 is 0 Å². The molecule has 0 bridgehead atoms. The van der Waals surface area contributed by atoms with Crippen LogP contribution in [0.4, 0.5) is 0 Å². The Morgan fingerprint density at radius 2 is 1.00 bits per heavy atom. The number of rotatable bonds is 8. The van der Waals surface area contributed by atoms with E-state index in [-0.39, 0.29) is 0 Å². The molecule has 0 unspecified atom stereocenters. The zero-order valence-corrected chi connectivity index (χ0v) is 12.5. The Morgan fingerprint density at radius 1 is 0.579 bits per heavy atom. The highest BCUT2D eigenvalue weighted by Gasteiger charge is 1.94. The van der Waals surface area contributed by atoms with E-state index in [4.69, 9.17) is 0 Å². The van der Waals surface area contributed by atoms with Gasteiger partial charge < -0.3 is 0 Å². The van der Waals surface area contributed by atoms with Gasteiger partial charge in [-0.05, 0) is 49.1 Å². The number of hydrogen-bond donors (Lipinski definition) is 0. The number of benzene rings is 2. The Balaban J connectivity index is 1.49. The van der Waals surface area contributed by atoms with Crippen LogP contribution >= 0.6 is 8.58 Å². The highest BCUT2D eigenvalue weighted by Crippen LogP contribution is 2.16. The predicted molar refractivity (Wildman–Crippen MR) is 87.6 cm³/mol. The molecule has 0 spiro atoms. The zero-order chi connectivity index (χ0) is 13.2. The first-order chi connectivity index (χ1) is 9.45. The normalized spacial score (nSPS) is 10.5. The highest BCUT2D eigenvalue weighted by molar-refractivity contribution is 7.37. The summed E-state index contributed by atoms with van der Waals surface area (Å²) in [5, 5.41) is 0. The van der Waals surface area contributed by atoms with Gasteiger partial charge in [0.25, 0.3) is 0 Å². The lowest BCUT2D eigenvalue weighted by Gasteiger charge is -2.03. The van der Waals surface area contributed by atoms with Crippen LogP contribution < -0.4 is 0 Å². The van der Waals surface area contributed by atoms with Gasteiger partial charge in [0.1, 0.15) is 0 Å². The zero-order valence-electron chi connectivity index (χ0n) is 11.5. The molecular weight excluding hydrogens is 247 g/mol. The van der Waals surface area contributed by atoms with Crippen LogP contribution in [0, 0.1) is 0 Å². The summed E-state index contributed by atoms with van der Waals surface area (Å²) in [5.41, 5.74) is 2.97. The van der Waals surface area contributed by atoms with Crippen LogP contribution in [0.2, 0.25) is 0 Å². The van der Waals surface area contributed by atoms with E-state index in [2.05, 4.69) is 60.7 Å². The van der Waals surface area contributed by atoms with E-state index in [1.807, 2.05) is 0 Å². The molecule has 0 heterocycles. The van der Waals surface area contributed by atoms with Crippen molar-refractivity contribution < 1.29 is 0 Å². The van der Waals surface area contributed by atoms with Gasteiger partial charge in [-0.25, -0.2) is 0 Å². The summed E-state index contributed by atoms with van der Waals surface area (Å²) in [4.78, 5) is 0. The Bertz CT molecular complexity index is 392. The lowest BCUT2D eigenvalue weighted by molar-refractivity contribution is 0.909. The molecule has 2 rings (SSSR count). The number of hydrogen-bond acceptors (Lipinski definition) is 0. The minimum absolute atomic E-state index is 1.14. The summed E-state index contributed by atoms with van der Waals surface area (Å²) in [6.45, 7) is 0. The molecule has 0 aliphatic carbocycles. The second kappa shape index (κ2) is 8.88. The van der Waals surface area contributed by atoms with E-state index in [9.17, 15) is 0 Å². The standard InChI is InChI=1S/C18H23P/c1-3-9-17(10-4-1)13-7-15-19-16-8-14-18-11-5-2-6-12-18/h1-6,9-12,19H,7-8,13-16H2. The Hall–Kier alpha value is -1.13. The fourth-order valence-electron chi connectivity index (χ4n) is 2.25. The Kier molecular flexibility index (Phi) is 6.68. The van der Waals surface area contributed by atoms with Gasteiger partial charge in [0.2, 0.25) is 0 Å². The molecule has 0 amide bonds. The van der Waals surface area contributed by atoms with Crippen molar-refractivity contribution in [2.45, 2.75) is 25.7 Å². The van der Waals surface area contributed by atoms with Gasteiger partial charge in [-0.3, -0.25) is 0 Å². The molecule has 0 N–H and O–H groups in total. The predicted octanol–water partition coefficient (Wildman–Crippen LogP) is 4.93. The second-order valence-electron chi connectivity index (χ2n) is 4.93. The average Bonchev–Trinajstić information content (AvgIpc) is 2.48. The highest BCUT2D eigenvalue weighted by atomic mass is 31.1. The second-order valence-corrected chi connectivity index (χ2v) is 6.43. The van der Waals surface area contributed by atoms with Crippen LogP contribution in [0.15, 0.2) is 60.7 Å². The van der Waals surface area contributed by atoms with Gasteiger partial charge in [-0.2, -0.15) is 0 Å². The van der Waals surface area contributed by atoms with Crippen molar-refractivity contribution in [3.05, 3.63) is 71.8 Å². The van der Waals surface area contributed by atoms with Crippen LogP contribution in [0.1, 0.15) is 24.0 Å². The third kappa shape index (κ3) is 6.03. The first kappa shape index (κ1) is 14.3. The lowest BCUT2D eigenvalue weighted by atomic mass is 10.1. The minimum atomic E-state index is 1.14. The van der Waals surface area contributed by atoms with E-state index in [1.165, 1.54) is 49.1 Å². The largest absolute Gasteiger partial charge is 0.122 e. The van der Waals surface area contributed by atoms with Crippen molar-refractivity contribution in [3.8, 4) is 0 Å². The van der Waals surface area contributed by atoms with Gasteiger partial charge in [0, 0.05) is 0 Å². The maximum absolute atomic E-state index is 2.23. The summed E-state index contributed by atoms with van der Waals surface area (Å²) in [7, 11) is 1.14. The van der Waals surface area contributed by atoms with Gasteiger partial charge in [-0.15, -0.1) is 8.58 Å². The van der Waals surface area contributed by atoms with Crippen molar-refractivity contribution in [1.29, 1.82) is 0 Å². The van der Waals surface area contributed by atoms with Crippen molar-refractivity contribution in [2.75, 3.05) is 12.3 Å². The molecule has 2 aromatic rings. The van der Waals surface area contributed by atoms with Crippen LogP contribution in [0.5, 0.6) is 0 Å². The fraction of sp³-hybridized carbons (Fsp3) is 0.333. The van der Waals surface area contributed by atoms with Crippen LogP contribution in [-0.2, 0) is 12.8 Å². The lowest BCUT2D eigenvalue weighted by Crippen LogP contribution is -1.89. The van der Waals surface area contributed by atoms with E-state index < -0.39 is 0 Å². The van der Waals surface area contributed by atoms with Gasteiger partial charge in [-0.1, -0.05) is 60.7 Å². The monoisotopic (exact) mass is 270 g/mol. The molecule has 0 aliphatic rings. The van der Waals surface area contributed by atoms with Gasteiger partial charge in [0.15, 0.2) is 0 Å². The van der Waals surface area contributed by atoms with Gasteiger partial charge in [0.05, 0.1) is 0 Å². The molecular formula is C18H23P. The average molecular weight is 270 g/mol. The first-order valence-corrected chi connectivity index (χ1v) is 8.65. The molecule has 0 saturated carbocycles. The molecule has 0 atom stereocenters. The van der Waals surface area contributed by atoms with Crippen molar-refractivity contribution in [2.24, 2.45) is 0 Å². The van der Waals surface area contributed by atoms with Crippen LogP contribution in [-0.4, -0.2) is 12.3 Å². The summed E-state index contributed by atoms with van der Waals surface area (Å²) in [5.74, 6) is 0. The van der Waals surface area contributed by atoms with Crippen LogP contribution in [0.25, 0.3) is 0 Å². The maximum Gasteiger partial charge on any atom is -0.0276 e. The quantitative estimate of drug-likeness (QED) is 0.471. The molecule has 19 heavy (non-hydrogen) atoms. The topological polar surface area (TPSA) is 0 Å². The molecule has 0 radical (unpaired) electrons. The summed E-state index contributed by atoms with van der Waals surface area (Å²) < 4.78 is 0. The van der Waals surface area contributed by atoms with E-state index in [1.54, 1.807) is 0 Å². The Labute approximate surface area is 119 Å². The first-order valence-electron chi connectivity index (χ1n) is 7.24. The molecule has 100 valence electrons. The Morgan fingerprint density at radius 3 is 1.42 bits per heavy atom. The minimum Gasteiger partial charge on any atom is -0.122 e. The molecule has 0 aromatic heterocycles. The third-order valence-corrected chi connectivity index (χ3v) is 4.74. The van der Waals surface area contributed by atoms with Crippen molar-refractivity contribution in [1.82, 2.24) is 0 Å². The molecule has 0 aliphatic heterocycles.